The number of carbonyl (C=O) groups is 4. The van der Waals surface area contributed by atoms with Gasteiger partial charge < -0.3 is 20.2 Å². The lowest BCUT2D eigenvalue weighted by Crippen LogP contribution is -2.52. The SMILES string of the molecule is CC(C)(CCC(=O)O)CN1C(=O)C(CC(=O)NCc2ccccc2C(F)(F)F)N(C(=O)c2ccnc(Cl)c2)Cc2ccccc21. The number of hydrogen-bond donors (Lipinski definition) is 2. The fourth-order valence-electron chi connectivity index (χ4n) is 5.25. The van der Waals surface area contributed by atoms with Gasteiger partial charge in [-0.3, -0.25) is 19.2 Å². The van der Waals surface area contributed by atoms with Gasteiger partial charge in [0.2, 0.25) is 11.8 Å². The molecular weight excluding hydrogens is 613 g/mol. The van der Waals surface area contributed by atoms with Gasteiger partial charge in [-0.1, -0.05) is 61.8 Å². The fraction of sp³-hybridized carbons (Fsp3) is 0.344. The number of anilines is 1. The fourth-order valence-corrected chi connectivity index (χ4v) is 5.43. The van der Waals surface area contributed by atoms with Crippen molar-refractivity contribution in [2.24, 2.45) is 5.41 Å². The van der Waals surface area contributed by atoms with Crippen molar-refractivity contribution in [2.45, 2.75) is 58.4 Å². The van der Waals surface area contributed by atoms with Crippen molar-refractivity contribution in [1.29, 1.82) is 0 Å². The van der Waals surface area contributed by atoms with Gasteiger partial charge in [0, 0.05) is 43.5 Å². The summed E-state index contributed by atoms with van der Waals surface area (Å²) in [5.74, 6) is -2.93. The molecule has 2 heterocycles. The van der Waals surface area contributed by atoms with Crippen LogP contribution in [-0.2, 0) is 33.6 Å². The van der Waals surface area contributed by atoms with Gasteiger partial charge in [-0.2, -0.15) is 13.2 Å². The van der Waals surface area contributed by atoms with Crippen LogP contribution in [0.5, 0.6) is 0 Å². The number of alkyl halides is 3. The maximum Gasteiger partial charge on any atom is 0.416 e. The minimum atomic E-state index is -4.63. The van der Waals surface area contributed by atoms with Crippen LogP contribution in [0.4, 0.5) is 18.9 Å². The van der Waals surface area contributed by atoms with E-state index in [1.807, 2.05) is 13.8 Å². The second-order valence-corrected chi connectivity index (χ2v) is 12.0. The number of pyridine rings is 1. The number of carboxylic acid groups (broad SMARTS) is 1. The first-order valence-electron chi connectivity index (χ1n) is 14.1. The number of amides is 3. The molecule has 0 saturated heterocycles. The molecule has 4 rings (SSSR count). The molecule has 0 bridgehead atoms. The maximum absolute atomic E-state index is 14.4. The Morgan fingerprint density at radius 2 is 1.76 bits per heavy atom. The Kier molecular flexibility index (Phi) is 10.2. The van der Waals surface area contributed by atoms with Crippen molar-refractivity contribution in [2.75, 3.05) is 11.4 Å². The molecule has 0 saturated carbocycles. The molecule has 0 aliphatic carbocycles. The molecule has 1 atom stereocenters. The molecule has 2 aromatic carbocycles. The number of carboxylic acids is 1. The van der Waals surface area contributed by atoms with E-state index in [1.165, 1.54) is 46.3 Å². The zero-order valence-corrected chi connectivity index (χ0v) is 25.4. The van der Waals surface area contributed by atoms with Crippen LogP contribution in [0.15, 0.2) is 66.9 Å². The normalized spacial score (nSPS) is 15.3. The highest BCUT2D eigenvalue weighted by Crippen LogP contribution is 2.35. The van der Waals surface area contributed by atoms with Crippen molar-refractivity contribution in [3.05, 3.63) is 94.3 Å². The van der Waals surface area contributed by atoms with Crippen LogP contribution in [-0.4, -0.2) is 51.3 Å². The van der Waals surface area contributed by atoms with Crippen molar-refractivity contribution in [1.82, 2.24) is 15.2 Å². The van der Waals surface area contributed by atoms with Gasteiger partial charge in [-0.25, -0.2) is 4.98 Å². The van der Waals surface area contributed by atoms with Crippen molar-refractivity contribution in [3.63, 3.8) is 0 Å². The molecule has 3 amide bonds. The first kappa shape index (κ1) is 33.4. The Bertz CT molecular complexity index is 1600. The van der Waals surface area contributed by atoms with Crippen molar-refractivity contribution < 1.29 is 37.5 Å². The predicted octanol–water partition coefficient (Wildman–Crippen LogP) is 5.71. The molecule has 238 valence electrons. The summed E-state index contributed by atoms with van der Waals surface area (Å²) >= 11 is 6.04. The van der Waals surface area contributed by atoms with E-state index in [4.69, 9.17) is 11.6 Å². The third-order valence-corrected chi connectivity index (χ3v) is 7.77. The molecule has 1 aromatic heterocycles. The lowest BCUT2D eigenvalue weighted by atomic mass is 9.86. The van der Waals surface area contributed by atoms with Gasteiger partial charge in [0.1, 0.15) is 11.2 Å². The number of rotatable bonds is 10. The Labute approximate surface area is 263 Å². The Morgan fingerprint density at radius 3 is 2.44 bits per heavy atom. The summed E-state index contributed by atoms with van der Waals surface area (Å²) in [6, 6.07) is 13.2. The second-order valence-electron chi connectivity index (χ2n) is 11.6. The molecule has 9 nitrogen and oxygen atoms in total. The monoisotopic (exact) mass is 644 g/mol. The molecule has 1 aliphatic heterocycles. The van der Waals surface area contributed by atoms with Crippen LogP contribution >= 0.6 is 11.6 Å². The van der Waals surface area contributed by atoms with E-state index in [2.05, 4.69) is 10.3 Å². The number of fused-ring (bicyclic) bond motifs is 1. The molecule has 13 heteroatoms. The predicted molar refractivity (Wildman–Crippen MR) is 160 cm³/mol. The van der Waals surface area contributed by atoms with E-state index in [1.54, 1.807) is 24.3 Å². The summed E-state index contributed by atoms with van der Waals surface area (Å²) < 4.78 is 40.6. The zero-order valence-electron chi connectivity index (χ0n) is 24.6. The summed E-state index contributed by atoms with van der Waals surface area (Å²) in [6.45, 7) is 3.20. The minimum Gasteiger partial charge on any atom is -0.481 e. The van der Waals surface area contributed by atoms with Crippen LogP contribution in [0.1, 0.15) is 60.2 Å². The maximum atomic E-state index is 14.4. The quantitative estimate of drug-likeness (QED) is 0.273. The Hall–Kier alpha value is -4.45. The molecule has 1 unspecified atom stereocenters. The average Bonchev–Trinajstić information content (AvgIpc) is 3.09. The number of nitrogens with zero attached hydrogens (tertiary/aromatic N) is 3. The number of nitrogens with one attached hydrogen (secondary N) is 1. The van der Waals surface area contributed by atoms with E-state index in [-0.39, 0.29) is 42.2 Å². The summed E-state index contributed by atoms with van der Waals surface area (Å²) in [7, 11) is 0. The third kappa shape index (κ3) is 8.39. The highest BCUT2D eigenvalue weighted by Gasteiger charge is 2.41. The van der Waals surface area contributed by atoms with Crippen LogP contribution < -0.4 is 10.2 Å². The Morgan fingerprint density at radius 1 is 1.07 bits per heavy atom. The highest BCUT2D eigenvalue weighted by atomic mass is 35.5. The summed E-state index contributed by atoms with van der Waals surface area (Å²) in [5, 5.41) is 11.8. The number of aliphatic carboxylic acids is 1. The third-order valence-electron chi connectivity index (χ3n) is 7.56. The molecule has 0 fully saturated rings. The molecule has 1 aliphatic rings. The zero-order chi connectivity index (χ0) is 32.9. The van der Waals surface area contributed by atoms with Crippen molar-refractivity contribution in [3.8, 4) is 0 Å². The number of hydrogen-bond acceptors (Lipinski definition) is 5. The number of halogens is 4. The van der Waals surface area contributed by atoms with Gasteiger partial charge in [-0.15, -0.1) is 0 Å². The van der Waals surface area contributed by atoms with Crippen LogP contribution in [0.3, 0.4) is 0 Å². The molecule has 0 spiro atoms. The second kappa shape index (κ2) is 13.7. The molecule has 2 N–H and O–H groups in total. The number of carbonyl (C=O) groups excluding carboxylic acids is 3. The van der Waals surface area contributed by atoms with E-state index >= 15 is 0 Å². The van der Waals surface area contributed by atoms with E-state index in [9.17, 15) is 37.5 Å². The number of aromatic nitrogens is 1. The summed E-state index contributed by atoms with van der Waals surface area (Å²) in [5.41, 5.74) is -0.493. The molecule has 3 aromatic rings. The number of benzene rings is 2. The lowest BCUT2D eigenvalue weighted by Gasteiger charge is -2.35. The van der Waals surface area contributed by atoms with Crippen LogP contribution in [0.2, 0.25) is 5.15 Å². The molecule has 0 radical (unpaired) electrons. The van der Waals surface area contributed by atoms with Gasteiger partial charge in [0.15, 0.2) is 0 Å². The number of para-hydroxylation sites is 1. The van der Waals surface area contributed by atoms with E-state index in [0.717, 1.165) is 6.07 Å². The van der Waals surface area contributed by atoms with Crippen molar-refractivity contribution >= 4 is 41.0 Å². The van der Waals surface area contributed by atoms with E-state index < -0.39 is 59.9 Å². The highest BCUT2D eigenvalue weighted by molar-refractivity contribution is 6.29. The average molecular weight is 645 g/mol. The van der Waals surface area contributed by atoms with Gasteiger partial charge >= 0.3 is 12.1 Å². The van der Waals surface area contributed by atoms with Crippen LogP contribution in [0, 0.1) is 5.41 Å². The standard InChI is InChI=1S/C32H32ClF3N4O5/c1-31(2,13-11-28(42)43)19-40-24-10-6-4-8-22(24)18-39(29(44)20-12-14-37-26(33)15-20)25(30(40)45)16-27(41)38-17-21-7-3-5-9-23(21)32(34,35)36/h3-10,12,14-15,25H,11,13,16-19H2,1-2H3,(H,38,41)(H,42,43). The first-order valence-corrected chi connectivity index (χ1v) is 14.5. The summed E-state index contributed by atoms with van der Waals surface area (Å²) in [6.07, 6.45) is -3.73. The minimum absolute atomic E-state index is 0.0434. The Balaban J connectivity index is 1.70. The largest absolute Gasteiger partial charge is 0.481 e. The smallest absolute Gasteiger partial charge is 0.416 e. The van der Waals surface area contributed by atoms with E-state index in [0.29, 0.717) is 11.3 Å². The first-order chi connectivity index (χ1) is 21.2. The molecule has 45 heavy (non-hydrogen) atoms. The lowest BCUT2D eigenvalue weighted by molar-refractivity contribution is -0.139. The van der Waals surface area contributed by atoms with Gasteiger partial charge in [0.05, 0.1) is 12.0 Å². The van der Waals surface area contributed by atoms with Gasteiger partial charge in [0.25, 0.3) is 5.91 Å². The van der Waals surface area contributed by atoms with Crippen LogP contribution in [0.25, 0.3) is 0 Å². The summed E-state index contributed by atoms with van der Waals surface area (Å²) in [4.78, 5) is 59.5. The topological polar surface area (TPSA) is 120 Å². The van der Waals surface area contributed by atoms with Gasteiger partial charge in [-0.05, 0) is 47.2 Å². The molecular formula is C32H32ClF3N4O5.